The highest BCUT2D eigenvalue weighted by molar-refractivity contribution is 5.76. The van der Waals surface area contributed by atoms with Gasteiger partial charge in [0.1, 0.15) is 18.0 Å². The molecule has 2 fully saturated rings. The number of carbonyl (C=O) groups excluding carboxylic acids is 2. The summed E-state index contributed by atoms with van der Waals surface area (Å²) in [6, 6.07) is 2.02. The lowest BCUT2D eigenvalue weighted by Crippen LogP contribution is -2.50. The van der Waals surface area contributed by atoms with Gasteiger partial charge >= 0.3 is 6.09 Å². The van der Waals surface area contributed by atoms with Crippen molar-refractivity contribution in [2.24, 2.45) is 5.92 Å². The van der Waals surface area contributed by atoms with Crippen molar-refractivity contribution in [3.63, 3.8) is 0 Å². The van der Waals surface area contributed by atoms with E-state index in [1.807, 2.05) is 11.0 Å². The maximum Gasteiger partial charge on any atom is 0.409 e. The van der Waals surface area contributed by atoms with E-state index in [1.165, 1.54) is 0 Å². The summed E-state index contributed by atoms with van der Waals surface area (Å²) in [6.45, 7) is 9.44. The molecule has 1 aromatic rings. The Morgan fingerprint density at radius 3 is 2.45 bits per heavy atom. The summed E-state index contributed by atoms with van der Waals surface area (Å²) in [7, 11) is 0. The quantitative estimate of drug-likeness (QED) is 0.675. The smallest absolute Gasteiger partial charge is 0.409 e. The summed E-state index contributed by atoms with van der Waals surface area (Å²) < 4.78 is 5.04. The maximum absolute atomic E-state index is 12.6. The van der Waals surface area contributed by atoms with Gasteiger partial charge in [0.2, 0.25) is 5.91 Å². The number of rotatable bonds is 8. The molecule has 2 aliphatic heterocycles. The molecule has 2 saturated heterocycles. The number of aromatic nitrogens is 2. The second kappa shape index (κ2) is 11.7. The first kappa shape index (κ1) is 23.1. The number of hydrogen-bond donors (Lipinski definition) is 1. The number of carbonyl (C=O) groups is 2. The van der Waals surface area contributed by atoms with E-state index in [-0.39, 0.29) is 12.0 Å². The van der Waals surface area contributed by atoms with Crippen LogP contribution in [-0.4, -0.2) is 84.2 Å². The van der Waals surface area contributed by atoms with Crippen molar-refractivity contribution in [3.05, 3.63) is 12.4 Å². The molecule has 0 radical (unpaired) electrons. The molecule has 0 aromatic carbocycles. The van der Waals surface area contributed by atoms with Crippen molar-refractivity contribution < 1.29 is 14.3 Å². The second-order valence-electron chi connectivity index (χ2n) is 8.22. The second-order valence-corrected chi connectivity index (χ2v) is 8.22. The van der Waals surface area contributed by atoms with Gasteiger partial charge in [-0.2, -0.15) is 0 Å². The number of anilines is 2. The van der Waals surface area contributed by atoms with Crippen LogP contribution in [0.15, 0.2) is 12.4 Å². The Bertz CT molecular complexity index is 715. The molecule has 3 rings (SSSR count). The Morgan fingerprint density at radius 2 is 1.77 bits per heavy atom. The summed E-state index contributed by atoms with van der Waals surface area (Å²) in [6.07, 6.45) is 6.07. The van der Waals surface area contributed by atoms with Crippen LogP contribution in [-0.2, 0) is 9.53 Å². The Hall–Kier alpha value is -2.58. The number of nitrogens with zero attached hydrogens (tertiary/aromatic N) is 5. The van der Waals surface area contributed by atoms with Crippen molar-refractivity contribution in [3.8, 4) is 0 Å². The zero-order valence-corrected chi connectivity index (χ0v) is 18.9. The normalized spacial score (nSPS) is 17.5. The third-order valence-electron chi connectivity index (χ3n) is 6.07. The molecule has 0 aliphatic carbocycles. The van der Waals surface area contributed by atoms with Gasteiger partial charge in [0.25, 0.3) is 0 Å². The standard InChI is InChI=1S/C22H36N6O3/c1-3-9-23-19-16-20(25-17-24-19)26-10-7-18(8-11-26)5-6-21(29)27-12-14-28(15-13-27)22(30)31-4-2/h16-18H,3-15H2,1-2H3,(H,23,24,25). The molecule has 0 atom stereocenters. The fourth-order valence-corrected chi connectivity index (χ4v) is 4.16. The van der Waals surface area contributed by atoms with Crippen LogP contribution in [0.2, 0.25) is 0 Å². The van der Waals surface area contributed by atoms with E-state index in [0.29, 0.717) is 45.1 Å². The number of hydrogen-bond acceptors (Lipinski definition) is 7. The monoisotopic (exact) mass is 432 g/mol. The molecule has 0 saturated carbocycles. The Balaban J connectivity index is 1.37. The molecule has 9 heteroatoms. The van der Waals surface area contributed by atoms with Crippen molar-refractivity contribution >= 4 is 23.6 Å². The third-order valence-corrected chi connectivity index (χ3v) is 6.07. The number of nitrogens with one attached hydrogen (secondary N) is 1. The van der Waals surface area contributed by atoms with E-state index in [0.717, 1.165) is 57.0 Å². The largest absolute Gasteiger partial charge is 0.450 e. The third kappa shape index (κ3) is 6.70. The first-order valence-corrected chi connectivity index (χ1v) is 11.6. The van der Waals surface area contributed by atoms with Gasteiger partial charge in [-0.25, -0.2) is 14.8 Å². The molecule has 172 valence electrons. The lowest BCUT2D eigenvalue weighted by molar-refractivity contribution is -0.133. The first-order chi connectivity index (χ1) is 15.1. The van der Waals surface area contributed by atoms with Crippen molar-refractivity contribution in [1.29, 1.82) is 0 Å². The molecular weight excluding hydrogens is 396 g/mol. The molecule has 0 spiro atoms. The number of amides is 2. The number of piperidine rings is 1. The minimum Gasteiger partial charge on any atom is -0.450 e. The summed E-state index contributed by atoms with van der Waals surface area (Å²) in [4.78, 5) is 39.0. The molecule has 31 heavy (non-hydrogen) atoms. The maximum atomic E-state index is 12.6. The SMILES string of the molecule is CCCNc1cc(N2CCC(CCC(=O)N3CCN(C(=O)OCC)CC3)CC2)ncn1. The molecule has 2 amide bonds. The fourth-order valence-electron chi connectivity index (χ4n) is 4.16. The summed E-state index contributed by atoms with van der Waals surface area (Å²) >= 11 is 0. The zero-order chi connectivity index (χ0) is 22.1. The molecule has 0 bridgehead atoms. The van der Waals surface area contributed by atoms with Crippen LogP contribution >= 0.6 is 0 Å². The first-order valence-electron chi connectivity index (χ1n) is 11.6. The van der Waals surface area contributed by atoms with Gasteiger partial charge in [0.05, 0.1) is 6.61 Å². The van der Waals surface area contributed by atoms with Gasteiger partial charge < -0.3 is 24.8 Å². The van der Waals surface area contributed by atoms with Crippen LogP contribution in [0.4, 0.5) is 16.4 Å². The summed E-state index contributed by atoms with van der Waals surface area (Å²) in [5, 5.41) is 3.31. The van der Waals surface area contributed by atoms with Crippen LogP contribution in [0.5, 0.6) is 0 Å². The van der Waals surface area contributed by atoms with E-state index in [4.69, 9.17) is 4.74 Å². The van der Waals surface area contributed by atoms with E-state index >= 15 is 0 Å². The van der Waals surface area contributed by atoms with Crippen LogP contribution in [0.1, 0.15) is 46.0 Å². The highest BCUT2D eigenvalue weighted by Crippen LogP contribution is 2.26. The fraction of sp³-hybridized carbons (Fsp3) is 0.727. The lowest BCUT2D eigenvalue weighted by Gasteiger charge is -2.35. The molecule has 9 nitrogen and oxygen atoms in total. The lowest BCUT2D eigenvalue weighted by atomic mass is 9.92. The molecular formula is C22H36N6O3. The summed E-state index contributed by atoms with van der Waals surface area (Å²) in [5.41, 5.74) is 0. The molecule has 1 aromatic heterocycles. The predicted octanol–water partition coefficient (Wildman–Crippen LogP) is 2.60. The van der Waals surface area contributed by atoms with Crippen LogP contribution in [0.25, 0.3) is 0 Å². The Kier molecular flexibility index (Phi) is 8.73. The van der Waals surface area contributed by atoms with Gasteiger partial charge in [0, 0.05) is 58.3 Å². The van der Waals surface area contributed by atoms with Crippen molar-refractivity contribution in [1.82, 2.24) is 19.8 Å². The van der Waals surface area contributed by atoms with Gasteiger partial charge in [-0.1, -0.05) is 6.92 Å². The molecule has 1 N–H and O–H groups in total. The van der Waals surface area contributed by atoms with E-state index in [2.05, 4.69) is 27.1 Å². The topological polar surface area (TPSA) is 90.9 Å². The average Bonchev–Trinajstić information content (AvgIpc) is 2.82. The van der Waals surface area contributed by atoms with Crippen LogP contribution in [0.3, 0.4) is 0 Å². The van der Waals surface area contributed by atoms with Gasteiger partial charge in [-0.15, -0.1) is 0 Å². The summed E-state index contributed by atoms with van der Waals surface area (Å²) in [5.74, 6) is 2.62. The highest BCUT2D eigenvalue weighted by atomic mass is 16.6. The Morgan fingerprint density at radius 1 is 1.06 bits per heavy atom. The highest BCUT2D eigenvalue weighted by Gasteiger charge is 2.26. The average molecular weight is 433 g/mol. The van der Waals surface area contributed by atoms with Gasteiger partial charge in [-0.05, 0) is 38.5 Å². The zero-order valence-electron chi connectivity index (χ0n) is 18.9. The number of ether oxygens (including phenoxy) is 1. The number of piperazine rings is 1. The van der Waals surface area contributed by atoms with E-state index in [9.17, 15) is 9.59 Å². The minimum atomic E-state index is -0.279. The molecule has 0 unspecified atom stereocenters. The van der Waals surface area contributed by atoms with Crippen molar-refractivity contribution in [2.75, 3.05) is 62.6 Å². The van der Waals surface area contributed by atoms with Gasteiger partial charge in [0.15, 0.2) is 0 Å². The van der Waals surface area contributed by atoms with Crippen LogP contribution < -0.4 is 10.2 Å². The van der Waals surface area contributed by atoms with E-state index in [1.54, 1.807) is 18.2 Å². The van der Waals surface area contributed by atoms with Gasteiger partial charge in [-0.3, -0.25) is 4.79 Å². The predicted molar refractivity (Wildman–Crippen MR) is 120 cm³/mol. The molecule has 2 aliphatic rings. The van der Waals surface area contributed by atoms with E-state index < -0.39 is 0 Å². The van der Waals surface area contributed by atoms with Crippen LogP contribution in [0, 0.1) is 5.92 Å². The van der Waals surface area contributed by atoms with Crippen molar-refractivity contribution in [2.45, 2.75) is 46.0 Å². The Labute approximate surface area is 185 Å². The molecule has 3 heterocycles. The minimum absolute atomic E-state index is 0.202.